The van der Waals surface area contributed by atoms with Crippen LogP contribution in [0.15, 0.2) is 17.4 Å². The van der Waals surface area contributed by atoms with Crippen molar-refractivity contribution in [3.63, 3.8) is 0 Å². The number of aliphatic imine (C=N–C) groups is 1. The molecule has 0 amide bonds. The third kappa shape index (κ3) is 0.881. The number of hydrogen-bond acceptors (Lipinski definition) is 4. The minimum absolute atomic E-state index is 0.693. The molecule has 0 bridgehead atoms. The number of aromatic amines is 1. The van der Waals surface area contributed by atoms with Gasteiger partial charge in [0.1, 0.15) is 6.67 Å². The molecular formula is C5H6N4S. The molecule has 0 spiro atoms. The predicted molar refractivity (Wildman–Crippen MR) is 42.0 cm³/mol. The van der Waals surface area contributed by atoms with Crippen molar-refractivity contribution in [2.24, 2.45) is 4.99 Å². The summed E-state index contributed by atoms with van der Waals surface area (Å²) in [5.74, 6) is 0.863. The summed E-state index contributed by atoms with van der Waals surface area (Å²) in [7, 11) is 0. The highest BCUT2D eigenvalue weighted by molar-refractivity contribution is 8.13. The van der Waals surface area contributed by atoms with Crippen LogP contribution in [0.5, 0.6) is 0 Å². The SMILES string of the molecule is C1=NCN(c2ncc[nH]2)S1. The lowest BCUT2D eigenvalue weighted by Gasteiger charge is -2.08. The van der Waals surface area contributed by atoms with E-state index in [-0.39, 0.29) is 0 Å². The second-order valence-corrected chi connectivity index (χ2v) is 2.69. The average molecular weight is 154 g/mol. The van der Waals surface area contributed by atoms with Crippen LogP contribution in [0, 0.1) is 0 Å². The minimum atomic E-state index is 0.693. The van der Waals surface area contributed by atoms with Gasteiger partial charge in [-0.15, -0.1) is 0 Å². The smallest absolute Gasteiger partial charge is 0.214 e. The lowest BCUT2D eigenvalue weighted by Crippen LogP contribution is -2.10. The minimum Gasteiger partial charge on any atom is -0.330 e. The summed E-state index contributed by atoms with van der Waals surface area (Å²) in [5.41, 5.74) is 1.81. The van der Waals surface area contributed by atoms with E-state index in [9.17, 15) is 0 Å². The fourth-order valence-electron chi connectivity index (χ4n) is 0.741. The summed E-state index contributed by atoms with van der Waals surface area (Å²) in [6.07, 6.45) is 3.53. The number of nitrogens with zero attached hydrogens (tertiary/aromatic N) is 3. The number of imidazole rings is 1. The first kappa shape index (κ1) is 5.79. The molecule has 1 aliphatic heterocycles. The van der Waals surface area contributed by atoms with Gasteiger partial charge in [-0.3, -0.25) is 9.30 Å². The first-order chi connectivity index (χ1) is 4.97. The summed E-state index contributed by atoms with van der Waals surface area (Å²) in [6, 6.07) is 0. The Morgan fingerprint density at radius 2 is 2.70 bits per heavy atom. The van der Waals surface area contributed by atoms with E-state index in [0.29, 0.717) is 6.67 Å². The Labute approximate surface area is 62.5 Å². The lowest BCUT2D eigenvalue weighted by atomic mass is 10.9. The molecule has 0 unspecified atom stereocenters. The average Bonchev–Trinajstić information content (AvgIpc) is 2.59. The van der Waals surface area contributed by atoms with Gasteiger partial charge in [0.15, 0.2) is 0 Å². The maximum Gasteiger partial charge on any atom is 0.214 e. The van der Waals surface area contributed by atoms with Crippen LogP contribution in [-0.2, 0) is 0 Å². The molecule has 0 saturated carbocycles. The van der Waals surface area contributed by atoms with E-state index >= 15 is 0 Å². The number of aromatic nitrogens is 2. The number of nitrogens with one attached hydrogen (secondary N) is 1. The highest BCUT2D eigenvalue weighted by Crippen LogP contribution is 2.19. The molecular weight excluding hydrogens is 148 g/mol. The van der Waals surface area contributed by atoms with Crippen LogP contribution in [0.4, 0.5) is 5.95 Å². The standard InChI is InChI=1S/C5H6N4S/c1-2-8-5(7-1)9-3-6-4-10-9/h1-2,4H,3H2,(H,7,8). The van der Waals surface area contributed by atoms with E-state index in [1.807, 2.05) is 9.85 Å². The van der Waals surface area contributed by atoms with Gasteiger partial charge in [0.2, 0.25) is 5.95 Å². The zero-order chi connectivity index (χ0) is 6.81. The molecule has 52 valence electrons. The Kier molecular flexibility index (Phi) is 1.35. The zero-order valence-electron chi connectivity index (χ0n) is 5.19. The van der Waals surface area contributed by atoms with Gasteiger partial charge in [-0.05, 0) is 0 Å². The molecule has 4 nitrogen and oxygen atoms in total. The van der Waals surface area contributed by atoms with Gasteiger partial charge in [0.05, 0.1) is 5.55 Å². The fourth-order valence-corrected chi connectivity index (χ4v) is 1.32. The lowest BCUT2D eigenvalue weighted by molar-refractivity contribution is 1.03. The van der Waals surface area contributed by atoms with Gasteiger partial charge in [-0.2, -0.15) is 0 Å². The van der Waals surface area contributed by atoms with E-state index < -0.39 is 0 Å². The fraction of sp³-hybridized carbons (Fsp3) is 0.200. The van der Waals surface area contributed by atoms with Crippen molar-refractivity contribution < 1.29 is 0 Å². The molecule has 1 aromatic rings. The number of hydrogen-bond donors (Lipinski definition) is 1. The maximum absolute atomic E-state index is 4.07. The first-order valence-corrected chi connectivity index (χ1v) is 3.72. The first-order valence-electron chi connectivity index (χ1n) is 2.89. The van der Waals surface area contributed by atoms with Crippen LogP contribution in [0.2, 0.25) is 0 Å². The largest absolute Gasteiger partial charge is 0.330 e. The molecule has 1 aromatic heterocycles. The van der Waals surface area contributed by atoms with Crippen molar-refractivity contribution in [1.29, 1.82) is 0 Å². The van der Waals surface area contributed by atoms with Crippen LogP contribution < -0.4 is 4.31 Å². The van der Waals surface area contributed by atoms with Gasteiger partial charge < -0.3 is 4.98 Å². The molecule has 0 aliphatic carbocycles. The molecule has 5 heteroatoms. The monoisotopic (exact) mass is 154 g/mol. The third-order valence-corrected chi connectivity index (χ3v) is 1.97. The molecule has 0 aromatic carbocycles. The van der Waals surface area contributed by atoms with Crippen LogP contribution in [0.25, 0.3) is 0 Å². The summed E-state index contributed by atoms with van der Waals surface area (Å²) >= 11 is 1.55. The Morgan fingerprint density at radius 3 is 3.30 bits per heavy atom. The zero-order valence-corrected chi connectivity index (χ0v) is 6.01. The Bertz CT molecular complexity index is 222. The van der Waals surface area contributed by atoms with Gasteiger partial charge in [0.25, 0.3) is 0 Å². The van der Waals surface area contributed by atoms with Crippen LogP contribution in [-0.4, -0.2) is 22.2 Å². The van der Waals surface area contributed by atoms with Gasteiger partial charge in [-0.1, -0.05) is 0 Å². The summed E-state index contributed by atoms with van der Waals surface area (Å²) in [4.78, 5) is 11.1. The Hall–Kier alpha value is -0.970. The van der Waals surface area contributed by atoms with Crippen molar-refractivity contribution in [1.82, 2.24) is 9.97 Å². The van der Waals surface area contributed by atoms with Gasteiger partial charge >= 0.3 is 0 Å². The molecule has 1 aliphatic rings. The number of rotatable bonds is 1. The van der Waals surface area contributed by atoms with Gasteiger partial charge in [-0.25, -0.2) is 4.98 Å². The van der Waals surface area contributed by atoms with Crippen LogP contribution >= 0.6 is 11.9 Å². The molecule has 10 heavy (non-hydrogen) atoms. The maximum atomic E-state index is 4.07. The third-order valence-electron chi connectivity index (χ3n) is 1.18. The van der Waals surface area contributed by atoms with Crippen molar-refractivity contribution in [2.45, 2.75) is 0 Å². The van der Waals surface area contributed by atoms with Crippen molar-refractivity contribution in [3.8, 4) is 0 Å². The van der Waals surface area contributed by atoms with Gasteiger partial charge in [0, 0.05) is 24.3 Å². The van der Waals surface area contributed by atoms with E-state index in [1.165, 1.54) is 0 Å². The van der Waals surface area contributed by atoms with Crippen LogP contribution in [0.3, 0.4) is 0 Å². The number of anilines is 1. The normalized spacial score (nSPS) is 16.6. The molecule has 0 fully saturated rings. The van der Waals surface area contributed by atoms with E-state index in [1.54, 1.807) is 24.3 Å². The molecule has 0 atom stereocenters. The van der Waals surface area contributed by atoms with Crippen molar-refractivity contribution in [3.05, 3.63) is 12.4 Å². The van der Waals surface area contributed by atoms with E-state index in [0.717, 1.165) is 5.95 Å². The quantitative estimate of drug-likeness (QED) is 0.610. The predicted octanol–water partition coefficient (Wildman–Crippen LogP) is 0.864. The topological polar surface area (TPSA) is 44.3 Å². The molecule has 0 radical (unpaired) electrons. The molecule has 2 heterocycles. The highest BCUT2D eigenvalue weighted by Gasteiger charge is 2.10. The molecule has 2 rings (SSSR count). The molecule has 0 saturated heterocycles. The van der Waals surface area contributed by atoms with Crippen molar-refractivity contribution in [2.75, 3.05) is 11.0 Å². The second-order valence-electron chi connectivity index (χ2n) is 1.83. The molecule has 1 N–H and O–H groups in total. The summed E-state index contributed by atoms with van der Waals surface area (Å²) < 4.78 is 1.97. The van der Waals surface area contributed by atoms with E-state index in [2.05, 4.69) is 15.0 Å². The Balaban J connectivity index is 2.14. The highest BCUT2D eigenvalue weighted by atomic mass is 32.2. The van der Waals surface area contributed by atoms with Crippen molar-refractivity contribution >= 4 is 23.4 Å². The summed E-state index contributed by atoms with van der Waals surface area (Å²) in [5, 5.41) is 0. The summed E-state index contributed by atoms with van der Waals surface area (Å²) in [6.45, 7) is 0.693. The Morgan fingerprint density at radius 1 is 1.70 bits per heavy atom. The van der Waals surface area contributed by atoms with Crippen LogP contribution in [0.1, 0.15) is 0 Å². The second kappa shape index (κ2) is 2.34. The number of H-pyrrole nitrogens is 1. The van der Waals surface area contributed by atoms with E-state index in [4.69, 9.17) is 0 Å².